The van der Waals surface area contributed by atoms with Crippen LogP contribution in [0, 0.1) is 11.6 Å². The molecule has 0 atom stereocenters. The zero-order valence-electron chi connectivity index (χ0n) is 8.45. The van der Waals surface area contributed by atoms with Crippen LogP contribution in [0.5, 0.6) is 0 Å². The number of pyridine rings is 1. The van der Waals surface area contributed by atoms with Crippen molar-refractivity contribution in [3.05, 3.63) is 64.4 Å². The van der Waals surface area contributed by atoms with Crippen molar-refractivity contribution >= 4 is 17.4 Å². The van der Waals surface area contributed by atoms with Crippen molar-refractivity contribution in [3.63, 3.8) is 0 Å². The van der Waals surface area contributed by atoms with Crippen LogP contribution in [0.4, 0.5) is 8.78 Å². The monoisotopic (exact) mass is 253 g/mol. The average molecular weight is 254 g/mol. The number of benzene rings is 1. The summed E-state index contributed by atoms with van der Waals surface area (Å²) < 4.78 is 26.1. The summed E-state index contributed by atoms with van der Waals surface area (Å²) >= 11 is 5.62. The Morgan fingerprint density at radius 1 is 1.18 bits per heavy atom. The molecule has 0 fully saturated rings. The third-order valence-corrected chi connectivity index (χ3v) is 2.37. The first-order chi connectivity index (χ1) is 8.08. The van der Waals surface area contributed by atoms with Gasteiger partial charge < -0.3 is 0 Å². The summed E-state index contributed by atoms with van der Waals surface area (Å²) in [6.07, 6.45) is 1.34. The van der Waals surface area contributed by atoms with E-state index in [9.17, 15) is 13.6 Å². The van der Waals surface area contributed by atoms with Crippen LogP contribution in [0.2, 0.25) is 5.15 Å². The molecular formula is C12H6ClF2NO. The molecule has 0 amide bonds. The molecule has 0 aliphatic carbocycles. The van der Waals surface area contributed by atoms with E-state index in [1.165, 1.54) is 18.3 Å². The Morgan fingerprint density at radius 2 is 1.94 bits per heavy atom. The summed E-state index contributed by atoms with van der Waals surface area (Å²) in [6, 6.07) is 5.53. The lowest BCUT2D eigenvalue weighted by Crippen LogP contribution is -2.04. The number of hydrogen-bond acceptors (Lipinski definition) is 2. The van der Waals surface area contributed by atoms with Crippen molar-refractivity contribution in [1.82, 2.24) is 4.98 Å². The molecule has 2 aromatic rings. The number of hydrogen-bond donors (Lipinski definition) is 0. The SMILES string of the molecule is O=C(c1ccnc(Cl)c1)c1ccc(F)cc1F. The molecule has 1 heterocycles. The summed E-state index contributed by atoms with van der Waals surface area (Å²) in [5, 5.41) is 0.137. The van der Waals surface area contributed by atoms with E-state index in [0.29, 0.717) is 6.07 Å². The van der Waals surface area contributed by atoms with Crippen LogP contribution in [-0.2, 0) is 0 Å². The molecule has 0 unspecified atom stereocenters. The van der Waals surface area contributed by atoms with Crippen molar-refractivity contribution < 1.29 is 13.6 Å². The summed E-state index contributed by atoms with van der Waals surface area (Å²) in [7, 11) is 0. The quantitative estimate of drug-likeness (QED) is 0.607. The van der Waals surface area contributed by atoms with Crippen LogP contribution >= 0.6 is 11.6 Å². The van der Waals surface area contributed by atoms with Crippen LogP contribution in [0.3, 0.4) is 0 Å². The molecule has 1 aromatic heterocycles. The Labute approximate surface area is 101 Å². The molecule has 2 nitrogen and oxygen atoms in total. The van der Waals surface area contributed by atoms with E-state index in [0.717, 1.165) is 12.1 Å². The molecule has 0 radical (unpaired) electrons. The molecule has 2 rings (SSSR count). The number of ketones is 1. The highest BCUT2D eigenvalue weighted by Crippen LogP contribution is 2.16. The van der Waals surface area contributed by atoms with E-state index in [1.807, 2.05) is 0 Å². The summed E-state index contributed by atoms with van der Waals surface area (Å²) in [5.41, 5.74) is 0.00387. The third kappa shape index (κ3) is 2.47. The van der Waals surface area contributed by atoms with Gasteiger partial charge in [0.1, 0.15) is 16.8 Å². The van der Waals surface area contributed by atoms with Gasteiger partial charge in [0.25, 0.3) is 0 Å². The van der Waals surface area contributed by atoms with Gasteiger partial charge in [-0.3, -0.25) is 4.79 Å². The first-order valence-corrected chi connectivity index (χ1v) is 5.07. The van der Waals surface area contributed by atoms with Crippen molar-refractivity contribution in [1.29, 1.82) is 0 Å². The van der Waals surface area contributed by atoms with Gasteiger partial charge in [0, 0.05) is 17.8 Å². The van der Waals surface area contributed by atoms with E-state index < -0.39 is 17.4 Å². The largest absolute Gasteiger partial charge is 0.288 e. The van der Waals surface area contributed by atoms with Crippen LogP contribution in [0.1, 0.15) is 15.9 Å². The second-order valence-corrected chi connectivity index (χ2v) is 3.71. The Kier molecular flexibility index (Phi) is 3.15. The topological polar surface area (TPSA) is 30.0 Å². The third-order valence-electron chi connectivity index (χ3n) is 2.16. The zero-order chi connectivity index (χ0) is 12.4. The molecule has 0 bridgehead atoms. The lowest BCUT2D eigenvalue weighted by Gasteiger charge is -2.02. The second kappa shape index (κ2) is 4.59. The first-order valence-electron chi connectivity index (χ1n) is 4.69. The van der Waals surface area contributed by atoms with Gasteiger partial charge in [-0.05, 0) is 24.3 Å². The lowest BCUT2D eigenvalue weighted by molar-refractivity contribution is 0.103. The van der Waals surface area contributed by atoms with Crippen molar-refractivity contribution in [2.75, 3.05) is 0 Å². The fourth-order valence-electron chi connectivity index (χ4n) is 1.37. The maximum Gasteiger partial charge on any atom is 0.196 e. The fraction of sp³-hybridized carbons (Fsp3) is 0. The normalized spacial score (nSPS) is 10.3. The van der Waals surface area contributed by atoms with Crippen LogP contribution in [-0.4, -0.2) is 10.8 Å². The number of carbonyl (C=O) groups is 1. The molecule has 0 aliphatic heterocycles. The predicted molar refractivity (Wildman–Crippen MR) is 59.0 cm³/mol. The minimum Gasteiger partial charge on any atom is -0.288 e. The Bertz CT molecular complexity index is 586. The van der Waals surface area contributed by atoms with E-state index in [2.05, 4.69) is 4.98 Å². The molecule has 0 aliphatic rings. The van der Waals surface area contributed by atoms with Gasteiger partial charge in [-0.25, -0.2) is 13.8 Å². The molecule has 86 valence electrons. The van der Waals surface area contributed by atoms with Crippen molar-refractivity contribution in [2.45, 2.75) is 0 Å². The predicted octanol–water partition coefficient (Wildman–Crippen LogP) is 3.24. The molecule has 5 heteroatoms. The summed E-state index contributed by atoms with van der Waals surface area (Å²) in [5.74, 6) is -2.19. The number of halogens is 3. The summed E-state index contributed by atoms with van der Waals surface area (Å²) in [4.78, 5) is 15.6. The first kappa shape index (κ1) is 11.7. The van der Waals surface area contributed by atoms with E-state index in [4.69, 9.17) is 11.6 Å². The molecule has 0 spiro atoms. The molecule has 0 saturated carbocycles. The van der Waals surface area contributed by atoms with Gasteiger partial charge in [-0.1, -0.05) is 11.6 Å². The van der Waals surface area contributed by atoms with Gasteiger partial charge >= 0.3 is 0 Å². The van der Waals surface area contributed by atoms with Gasteiger partial charge in [0.2, 0.25) is 0 Å². The fourth-order valence-corrected chi connectivity index (χ4v) is 1.55. The number of rotatable bonds is 2. The van der Waals surface area contributed by atoms with Gasteiger partial charge in [0.15, 0.2) is 5.78 Å². The average Bonchev–Trinajstić information content (AvgIpc) is 2.28. The zero-order valence-corrected chi connectivity index (χ0v) is 9.21. The van der Waals surface area contributed by atoms with Gasteiger partial charge in [0.05, 0.1) is 5.56 Å². The van der Waals surface area contributed by atoms with E-state index >= 15 is 0 Å². The van der Waals surface area contributed by atoms with Gasteiger partial charge in [-0.2, -0.15) is 0 Å². The highest BCUT2D eigenvalue weighted by molar-refractivity contribution is 6.29. The minimum atomic E-state index is -0.900. The van der Waals surface area contributed by atoms with Crippen LogP contribution in [0.15, 0.2) is 36.5 Å². The van der Waals surface area contributed by atoms with E-state index in [-0.39, 0.29) is 16.3 Å². The Morgan fingerprint density at radius 3 is 2.59 bits per heavy atom. The minimum absolute atomic E-state index is 0.137. The van der Waals surface area contributed by atoms with Crippen molar-refractivity contribution in [2.24, 2.45) is 0 Å². The Balaban J connectivity index is 2.44. The highest BCUT2D eigenvalue weighted by atomic mass is 35.5. The van der Waals surface area contributed by atoms with Crippen LogP contribution in [0.25, 0.3) is 0 Å². The van der Waals surface area contributed by atoms with Crippen molar-refractivity contribution in [3.8, 4) is 0 Å². The highest BCUT2D eigenvalue weighted by Gasteiger charge is 2.14. The maximum absolute atomic E-state index is 13.4. The standard InChI is InChI=1S/C12H6ClF2NO/c13-11-5-7(3-4-16-11)12(17)9-2-1-8(14)6-10(9)15/h1-6H. The number of aromatic nitrogens is 1. The molecular weight excluding hydrogens is 248 g/mol. The Hall–Kier alpha value is -1.81. The maximum atomic E-state index is 13.4. The molecule has 0 N–H and O–H groups in total. The van der Waals surface area contributed by atoms with Crippen LogP contribution < -0.4 is 0 Å². The summed E-state index contributed by atoms with van der Waals surface area (Å²) in [6.45, 7) is 0. The van der Waals surface area contributed by atoms with E-state index in [1.54, 1.807) is 0 Å². The number of carbonyl (C=O) groups excluding carboxylic acids is 1. The molecule has 17 heavy (non-hydrogen) atoms. The second-order valence-electron chi connectivity index (χ2n) is 3.32. The lowest BCUT2D eigenvalue weighted by atomic mass is 10.0. The number of nitrogens with zero attached hydrogens (tertiary/aromatic N) is 1. The smallest absolute Gasteiger partial charge is 0.196 e. The molecule has 0 saturated heterocycles. The van der Waals surface area contributed by atoms with Gasteiger partial charge in [-0.15, -0.1) is 0 Å². The molecule has 1 aromatic carbocycles.